The lowest BCUT2D eigenvalue weighted by Gasteiger charge is -2.26. The summed E-state index contributed by atoms with van der Waals surface area (Å²) in [6.07, 6.45) is 3.50. The maximum atomic E-state index is 13.2. The van der Waals surface area contributed by atoms with Crippen molar-refractivity contribution in [3.8, 4) is 5.69 Å². The molecule has 2 aliphatic heterocycles. The molecule has 5 rings (SSSR count). The number of ether oxygens (including phenoxy) is 1. The zero-order valence-electron chi connectivity index (χ0n) is 16.3. The molecule has 2 aliphatic rings. The van der Waals surface area contributed by atoms with E-state index in [1.165, 1.54) is 0 Å². The van der Waals surface area contributed by atoms with Crippen LogP contribution in [0.4, 0.5) is 5.95 Å². The van der Waals surface area contributed by atoms with Crippen LogP contribution in [0.5, 0.6) is 0 Å². The molecule has 0 radical (unpaired) electrons. The third kappa shape index (κ3) is 3.25. The van der Waals surface area contributed by atoms with E-state index in [1.54, 1.807) is 10.9 Å². The fraction of sp³-hybridized carbons (Fsp3) is 0.333. The number of aromatic nitrogens is 4. The molecule has 0 N–H and O–H groups in total. The second-order valence-electron chi connectivity index (χ2n) is 7.29. The second-order valence-corrected chi connectivity index (χ2v) is 7.29. The summed E-state index contributed by atoms with van der Waals surface area (Å²) in [4.78, 5) is 26.3. The van der Waals surface area contributed by atoms with E-state index in [-0.39, 0.29) is 5.91 Å². The monoisotopic (exact) mass is 390 g/mol. The number of nitrogens with zero attached hydrogens (tertiary/aromatic N) is 6. The standard InChI is InChI=1S/C21H22N6O2/c1-15-18(12-23-27(15)17-5-3-2-4-6-17)20(28)26-13-16-11-22-21(24-19(16)14-26)25-7-9-29-10-8-25/h2-6,11-12H,7-10,13-14H2,1H3. The van der Waals surface area contributed by atoms with E-state index >= 15 is 0 Å². The molecule has 0 aliphatic carbocycles. The molecule has 8 heteroatoms. The van der Waals surface area contributed by atoms with Crippen LogP contribution in [0.1, 0.15) is 27.3 Å². The van der Waals surface area contributed by atoms with Crippen molar-refractivity contribution in [2.75, 3.05) is 31.2 Å². The number of hydrogen-bond acceptors (Lipinski definition) is 6. The van der Waals surface area contributed by atoms with Gasteiger partial charge in [-0.05, 0) is 19.1 Å². The van der Waals surface area contributed by atoms with Crippen LogP contribution in [-0.2, 0) is 17.8 Å². The Morgan fingerprint density at radius 1 is 1.07 bits per heavy atom. The van der Waals surface area contributed by atoms with Crippen molar-refractivity contribution in [1.29, 1.82) is 0 Å². The number of carbonyl (C=O) groups excluding carboxylic acids is 1. The minimum atomic E-state index is -0.0318. The Labute approximate surface area is 168 Å². The van der Waals surface area contributed by atoms with E-state index in [9.17, 15) is 4.79 Å². The lowest BCUT2D eigenvalue weighted by atomic mass is 10.2. The zero-order chi connectivity index (χ0) is 19.8. The van der Waals surface area contributed by atoms with Gasteiger partial charge in [0.15, 0.2) is 0 Å². The maximum absolute atomic E-state index is 13.2. The number of anilines is 1. The lowest BCUT2D eigenvalue weighted by molar-refractivity contribution is 0.0749. The molecule has 0 atom stereocenters. The summed E-state index contributed by atoms with van der Waals surface area (Å²) in [6, 6.07) is 9.83. The van der Waals surface area contributed by atoms with Gasteiger partial charge in [0.2, 0.25) is 5.95 Å². The van der Waals surface area contributed by atoms with E-state index in [0.717, 1.165) is 41.7 Å². The summed E-state index contributed by atoms with van der Waals surface area (Å²) in [5.41, 5.74) is 4.31. The highest BCUT2D eigenvalue weighted by molar-refractivity contribution is 5.95. The number of morpholine rings is 1. The molecule has 1 amide bonds. The van der Waals surface area contributed by atoms with E-state index in [4.69, 9.17) is 9.72 Å². The molecule has 8 nitrogen and oxygen atoms in total. The zero-order valence-corrected chi connectivity index (χ0v) is 16.3. The van der Waals surface area contributed by atoms with Crippen LogP contribution >= 0.6 is 0 Å². The Hall–Kier alpha value is -3.26. The number of fused-ring (bicyclic) bond motifs is 1. The van der Waals surface area contributed by atoms with E-state index in [1.807, 2.05) is 48.4 Å². The van der Waals surface area contributed by atoms with Crippen LogP contribution < -0.4 is 4.90 Å². The van der Waals surface area contributed by atoms with Crippen LogP contribution in [0.25, 0.3) is 5.69 Å². The molecule has 0 unspecified atom stereocenters. The minimum absolute atomic E-state index is 0.0318. The van der Waals surface area contributed by atoms with Gasteiger partial charge in [-0.3, -0.25) is 4.79 Å². The number of benzene rings is 1. The van der Waals surface area contributed by atoms with Crippen LogP contribution in [0, 0.1) is 6.92 Å². The Bertz CT molecular complexity index is 1040. The van der Waals surface area contributed by atoms with Crippen LogP contribution in [0.3, 0.4) is 0 Å². The molecule has 0 bridgehead atoms. The normalized spacial score (nSPS) is 16.2. The third-order valence-electron chi connectivity index (χ3n) is 5.47. The van der Waals surface area contributed by atoms with Crippen molar-refractivity contribution in [1.82, 2.24) is 24.6 Å². The Morgan fingerprint density at radius 3 is 2.66 bits per heavy atom. The van der Waals surface area contributed by atoms with Gasteiger partial charge >= 0.3 is 0 Å². The van der Waals surface area contributed by atoms with Crippen LogP contribution in [0.2, 0.25) is 0 Å². The first kappa shape index (κ1) is 17.8. The smallest absolute Gasteiger partial charge is 0.257 e. The quantitative estimate of drug-likeness (QED) is 0.681. The van der Waals surface area contributed by atoms with Gasteiger partial charge in [-0.25, -0.2) is 14.6 Å². The molecule has 1 aromatic carbocycles. The van der Waals surface area contributed by atoms with Crippen molar-refractivity contribution >= 4 is 11.9 Å². The summed E-state index contributed by atoms with van der Waals surface area (Å²) >= 11 is 0. The number of rotatable bonds is 3. The summed E-state index contributed by atoms with van der Waals surface area (Å²) in [5, 5.41) is 4.43. The summed E-state index contributed by atoms with van der Waals surface area (Å²) < 4.78 is 7.20. The molecule has 0 saturated carbocycles. The molecule has 29 heavy (non-hydrogen) atoms. The SMILES string of the molecule is Cc1c(C(=O)N2Cc3cnc(N4CCOCC4)nc3C2)cnn1-c1ccccc1. The molecule has 2 aromatic heterocycles. The molecule has 4 heterocycles. The van der Waals surface area contributed by atoms with Crippen molar-refractivity contribution < 1.29 is 9.53 Å². The molecule has 1 saturated heterocycles. The van der Waals surface area contributed by atoms with Gasteiger partial charge in [-0.2, -0.15) is 5.10 Å². The predicted octanol–water partition coefficient (Wildman–Crippen LogP) is 1.96. The van der Waals surface area contributed by atoms with Crippen molar-refractivity contribution in [2.24, 2.45) is 0 Å². The van der Waals surface area contributed by atoms with Crippen molar-refractivity contribution in [3.63, 3.8) is 0 Å². The van der Waals surface area contributed by atoms with Crippen molar-refractivity contribution in [2.45, 2.75) is 20.0 Å². The maximum Gasteiger partial charge on any atom is 0.257 e. The highest BCUT2D eigenvalue weighted by Gasteiger charge is 2.29. The van der Waals surface area contributed by atoms with Crippen LogP contribution in [0.15, 0.2) is 42.7 Å². The lowest BCUT2D eigenvalue weighted by Crippen LogP contribution is -2.37. The van der Waals surface area contributed by atoms with Gasteiger partial charge in [0.25, 0.3) is 5.91 Å². The Morgan fingerprint density at radius 2 is 1.86 bits per heavy atom. The second kappa shape index (κ2) is 7.29. The largest absolute Gasteiger partial charge is 0.378 e. The number of hydrogen-bond donors (Lipinski definition) is 0. The number of carbonyl (C=O) groups is 1. The molecule has 1 fully saturated rings. The highest BCUT2D eigenvalue weighted by atomic mass is 16.5. The molecule has 0 spiro atoms. The molecule has 148 valence electrons. The summed E-state index contributed by atoms with van der Waals surface area (Å²) in [5.74, 6) is 0.685. The van der Waals surface area contributed by atoms with Gasteiger partial charge in [0.1, 0.15) is 0 Å². The van der Waals surface area contributed by atoms with Gasteiger partial charge in [0.05, 0.1) is 48.6 Å². The first-order chi connectivity index (χ1) is 14.2. The van der Waals surface area contributed by atoms with Gasteiger partial charge in [0, 0.05) is 31.4 Å². The summed E-state index contributed by atoms with van der Waals surface area (Å²) in [6.45, 7) is 5.90. The average Bonchev–Trinajstić information content (AvgIpc) is 3.37. The molecular weight excluding hydrogens is 368 g/mol. The molecule has 3 aromatic rings. The summed E-state index contributed by atoms with van der Waals surface area (Å²) in [7, 11) is 0. The fourth-order valence-corrected chi connectivity index (χ4v) is 3.82. The number of para-hydroxylation sites is 1. The Kier molecular flexibility index (Phi) is 4.48. The van der Waals surface area contributed by atoms with Gasteiger partial charge in [-0.1, -0.05) is 18.2 Å². The first-order valence-corrected chi connectivity index (χ1v) is 9.77. The predicted molar refractivity (Wildman–Crippen MR) is 107 cm³/mol. The minimum Gasteiger partial charge on any atom is -0.378 e. The van der Waals surface area contributed by atoms with E-state index in [0.29, 0.717) is 31.9 Å². The van der Waals surface area contributed by atoms with Gasteiger partial charge < -0.3 is 14.5 Å². The van der Waals surface area contributed by atoms with Crippen molar-refractivity contribution in [3.05, 3.63) is 65.2 Å². The average molecular weight is 390 g/mol. The fourth-order valence-electron chi connectivity index (χ4n) is 3.82. The third-order valence-corrected chi connectivity index (χ3v) is 5.47. The Balaban J connectivity index is 1.35. The first-order valence-electron chi connectivity index (χ1n) is 9.77. The van der Waals surface area contributed by atoms with Gasteiger partial charge in [-0.15, -0.1) is 0 Å². The number of amides is 1. The van der Waals surface area contributed by atoms with E-state index < -0.39 is 0 Å². The highest BCUT2D eigenvalue weighted by Crippen LogP contribution is 2.25. The van der Waals surface area contributed by atoms with Crippen LogP contribution in [-0.4, -0.2) is 56.9 Å². The van der Waals surface area contributed by atoms with E-state index in [2.05, 4.69) is 15.0 Å². The molecular formula is C21H22N6O2. The topological polar surface area (TPSA) is 76.4 Å².